The first kappa shape index (κ1) is 10.5. The lowest BCUT2D eigenvalue weighted by Gasteiger charge is -2.54. The van der Waals surface area contributed by atoms with Gasteiger partial charge in [0.2, 0.25) is 0 Å². The predicted octanol–water partition coefficient (Wildman–Crippen LogP) is 4.17. The van der Waals surface area contributed by atoms with Crippen LogP contribution in [0.15, 0.2) is 11.6 Å². The van der Waals surface area contributed by atoms with Crippen molar-refractivity contribution in [1.29, 1.82) is 0 Å². The zero-order valence-corrected chi connectivity index (χ0v) is 10.1. The first-order valence-electron chi connectivity index (χ1n) is 7.04. The Bertz CT molecular complexity index is 330. The molecule has 86 valence electrons. The summed E-state index contributed by atoms with van der Waals surface area (Å²) in [6.07, 6.45) is 18.8. The van der Waals surface area contributed by atoms with Crippen LogP contribution in [0, 0.1) is 36.0 Å². The van der Waals surface area contributed by atoms with Gasteiger partial charge in [0.1, 0.15) is 0 Å². The van der Waals surface area contributed by atoms with Crippen LogP contribution in [0.2, 0.25) is 0 Å². The van der Waals surface area contributed by atoms with Crippen molar-refractivity contribution in [2.24, 2.45) is 23.7 Å². The second kappa shape index (κ2) is 4.28. The Morgan fingerprint density at radius 2 is 2.00 bits per heavy atom. The Kier molecular flexibility index (Phi) is 2.80. The topological polar surface area (TPSA) is 0 Å². The fourth-order valence-corrected chi connectivity index (χ4v) is 4.27. The van der Waals surface area contributed by atoms with E-state index in [0.717, 1.165) is 30.1 Å². The minimum atomic E-state index is 0.964. The van der Waals surface area contributed by atoms with Gasteiger partial charge in [-0.05, 0) is 68.6 Å². The van der Waals surface area contributed by atoms with Crippen LogP contribution in [0.3, 0.4) is 0 Å². The summed E-state index contributed by atoms with van der Waals surface area (Å²) in [5.41, 5.74) is 1.81. The first-order valence-corrected chi connectivity index (χ1v) is 7.04. The average molecular weight is 214 g/mol. The summed E-state index contributed by atoms with van der Waals surface area (Å²) in [4.78, 5) is 0. The lowest BCUT2D eigenvalue weighted by atomic mass is 9.51. The molecule has 4 atom stereocenters. The fourth-order valence-electron chi connectivity index (χ4n) is 4.27. The summed E-state index contributed by atoms with van der Waals surface area (Å²) in [6.45, 7) is 0. The molecule has 4 aliphatic carbocycles. The van der Waals surface area contributed by atoms with Crippen LogP contribution in [0.1, 0.15) is 51.4 Å². The highest BCUT2D eigenvalue weighted by atomic mass is 14.5. The molecule has 0 aliphatic heterocycles. The van der Waals surface area contributed by atoms with Gasteiger partial charge in [-0.15, -0.1) is 12.3 Å². The summed E-state index contributed by atoms with van der Waals surface area (Å²) >= 11 is 0. The third-order valence-electron chi connectivity index (χ3n) is 5.20. The third-order valence-corrected chi connectivity index (χ3v) is 5.20. The number of fused-ring (bicyclic) bond motifs is 1. The maximum atomic E-state index is 5.29. The zero-order valence-electron chi connectivity index (χ0n) is 10.1. The van der Waals surface area contributed by atoms with E-state index in [1.807, 2.05) is 5.57 Å². The monoisotopic (exact) mass is 214 g/mol. The molecule has 0 saturated heterocycles. The quantitative estimate of drug-likeness (QED) is 0.374. The van der Waals surface area contributed by atoms with Gasteiger partial charge in [-0.3, -0.25) is 0 Å². The number of rotatable bonds is 4. The maximum Gasteiger partial charge on any atom is 0.00861 e. The molecule has 0 aromatic carbocycles. The molecule has 2 saturated carbocycles. The second-order valence-corrected chi connectivity index (χ2v) is 5.91. The molecule has 16 heavy (non-hydrogen) atoms. The Hall–Kier alpha value is -0.700. The van der Waals surface area contributed by atoms with E-state index in [1.165, 1.54) is 44.9 Å². The van der Waals surface area contributed by atoms with Crippen molar-refractivity contribution in [3.63, 3.8) is 0 Å². The number of hydrogen-bond donors (Lipinski definition) is 0. The summed E-state index contributed by atoms with van der Waals surface area (Å²) in [5.74, 6) is 6.87. The van der Waals surface area contributed by atoms with Crippen LogP contribution in [0.4, 0.5) is 0 Å². The summed E-state index contributed by atoms with van der Waals surface area (Å²) in [5, 5.41) is 0. The van der Waals surface area contributed by atoms with Gasteiger partial charge in [-0.25, -0.2) is 0 Å². The van der Waals surface area contributed by atoms with Crippen LogP contribution >= 0.6 is 0 Å². The lowest BCUT2D eigenvalue weighted by Crippen LogP contribution is -2.45. The van der Waals surface area contributed by atoms with Crippen LogP contribution < -0.4 is 0 Å². The number of terminal acetylenes is 1. The van der Waals surface area contributed by atoms with Gasteiger partial charge in [0.05, 0.1) is 0 Å². The van der Waals surface area contributed by atoms with Crippen molar-refractivity contribution in [2.75, 3.05) is 0 Å². The molecule has 4 rings (SSSR count). The fraction of sp³-hybridized carbons (Fsp3) is 0.750. The molecule has 0 aromatic rings. The second-order valence-electron chi connectivity index (χ2n) is 5.91. The maximum absolute atomic E-state index is 5.29. The average Bonchev–Trinajstić information content (AvgIpc) is 2.24. The first-order chi connectivity index (χ1) is 7.90. The predicted molar refractivity (Wildman–Crippen MR) is 67.8 cm³/mol. The van der Waals surface area contributed by atoms with E-state index < -0.39 is 0 Å². The van der Waals surface area contributed by atoms with E-state index in [2.05, 4.69) is 12.0 Å². The van der Waals surface area contributed by atoms with Crippen LogP contribution in [-0.2, 0) is 0 Å². The van der Waals surface area contributed by atoms with Crippen LogP contribution in [0.5, 0.6) is 0 Å². The smallest absolute Gasteiger partial charge is 0.00861 e. The lowest BCUT2D eigenvalue weighted by molar-refractivity contribution is 0.0185. The van der Waals surface area contributed by atoms with E-state index >= 15 is 0 Å². The summed E-state index contributed by atoms with van der Waals surface area (Å²) in [6, 6.07) is 0. The van der Waals surface area contributed by atoms with Gasteiger partial charge < -0.3 is 0 Å². The highest BCUT2D eigenvalue weighted by molar-refractivity contribution is 5.22. The molecule has 0 aromatic heterocycles. The molecule has 0 nitrogen and oxygen atoms in total. The van der Waals surface area contributed by atoms with E-state index in [9.17, 15) is 0 Å². The minimum Gasteiger partial charge on any atom is -0.120 e. The van der Waals surface area contributed by atoms with Gasteiger partial charge in [-0.2, -0.15) is 0 Å². The SMILES string of the molecule is C#CCCCCC1=CC2CCC1C1CCC21. The van der Waals surface area contributed by atoms with Crippen LogP contribution in [0.25, 0.3) is 0 Å². The van der Waals surface area contributed by atoms with Crippen molar-refractivity contribution in [2.45, 2.75) is 51.4 Å². The van der Waals surface area contributed by atoms with Gasteiger partial charge in [0.25, 0.3) is 0 Å². The van der Waals surface area contributed by atoms with E-state index in [-0.39, 0.29) is 0 Å². The third kappa shape index (κ3) is 1.61. The molecule has 4 unspecified atom stereocenters. The molecule has 2 fully saturated rings. The highest BCUT2D eigenvalue weighted by Gasteiger charge is 2.48. The largest absolute Gasteiger partial charge is 0.120 e. The molecular formula is C16H22. The zero-order chi connectivity index (χ0) is 11.0. The van der Waals surface area contributed by atoms with Crippen molar-refractivity contribution in [3.8, 4) is 12.3 Å². The van der Waals surface area contributed by atoms with Gasteiger partial charge in [-0.1, -0.05) is 11.6 Å². The Balaban J connectivity index is 1.59. The van der Waals surface area contributed by atoms with Gasteiger partial charge in [0, 0.05) is 6.42 Å². The van der Waals surface area contributed by atoms with E-state index in [0.29, 0.717) is 0 Å². The molecule has 4 aliphatic rings. The molecule has 0 spiro atoms. The Morgan fingerprint density at radius 3 is 2.69 bits per heavy atom. The number of hydrogen-bond acceptors (Lipinski definition) is 0. The number of allylic oxidation sites excluding steroid dienone is 2. The van der Waals surface area contributed by atoms with Crippen molar-refractivity contribution in [3.05, 3.63) is 11.6 Å². The molecule has 0 N–H and O–H groups in total. The molecular weight excluding hydrogens is 192 g/mol. The van der Waals surface area contributed by atoms with Crippen LogP contribution in [-0.4, -0.2) is 0 Å². The molecule has 0 heteroatoms. The normalized spacial score (nSPS) is 39.6. The summed E-state index contributed by atoms with van der Waals surface area (Å²) in [7, 11) is 0. The standard InChI is InChI=1S/C16H22/c1-2-3-4-5-6-12-11-13-7-8-14(12)16-10-9-15(13)16/h1,11,13-16H,3-10H2. The van der Waals surface area contributed by atoms with Crippen molar-refractivity contribution in [1.82, 2.24) is 0 Å². The Morgan fingerprint density at radius 1 is 1.12 bits per heavy atom. The minimum absolute atomic E-state index is 0.964. The molecule has 2 bridgehead atoms. The molecule has 0 amide bonds. The van der Waals surface area contributed by atoms with E-state index in [1.54, 1.807) is 0 Å². The summed E-state index contributed by atoms with van der Waals surface area (Å²) < 4.78 is 0. The van der Waals surface area contributed by atoms with E-state index in [4.69, 9.17) is 6.42 Å². The highest BCUT2D eigenvalue weighted by Crippen LogP contribution is 2.58. The van der Waals surface area contributed by atoms with Gasteiger partial charge in [0.15, 0.2) is 0 Å². The Labute approximate surface area is 99.5 Å². The van der Waals surface area contributed by atoms with Gasteiger partial charge >= 0.3 is 0 Å². The van der Waals surface area contributed by atoms with Crippen molar-refractivity contribution >= 4 is 0 Å². The molecule has 0 radical (unpaired) electrons. The molecule has 0 heterocycles. The van der Waals surface area contributed by atoms with Crippen molar-refractivity contribution < 1.29 is 0 Å². The number of unbranched alkanes of at least 4 members (excludes halogenated alkanes) is 2.